The van der Waals surface area contributed by atoms with Crippen LogP contribution in [0.3, 0.4) is 0 Å². The van der Waals surface area contributed by atoms with Crippen LogP contribution in [0.1, 0.15) is 63.4 Å². The second kappa shape index (κ2) is 13.7. The molecule has 0 radical (unpaired) electrons. The fourth-order valence-electron chi connectivity index (χ4n) is 4.63. The van der Waals surface area contributed by atoms with E-state index in [-0.39, 0.29) is 53.4 Å². The lowest BCUT2D eigenvalue weighted by atomic mass is 10.1. The lowest BCUT2D eigenvalue weighted by Crippen LogP contribution is -2.42. The Balaban J connectivity index is 1.26. The van der Waals surface area contributed by atoms with Gasteiger partial charge in [0.1, 0.15) is 12.2 Å². The third kappa shape index (κ3) is 8.61. The predicted molar refractivity (Wildman–Crippen MR) is 144 cm³/mol. The first kappa shape index (κ1) is 30.3. The second-order valence-corrected chi connectivity index (χ2v) is 10.4. The van der Waals surface area contributed by atoms with Gasteiger partial charge in [0.05, 0.1) is 18.8 Å². The van der Waals surface area contributed by atoms with E-state index in [1.54, 1.807) is 0 Å². The molecule has 0 spiro atoms. The Morgan fingerprint density at radius 2 is 1.97 bits per heavy atom. The number of guanidine groups is 1. The number of aliphatic hydroxyl groups is 1. The number of anilines is 2. The summed E-state index contributed by atoms with van der Waals surface area (Å²) in [7, 11) is 0. The minimum atomic E-state index is -0.717. The molecule has 13 nitrogen and oxygen atoms in total. The fraction of sp³-hybridized carbons (Fsp3) is 0.750. The van der Waals surface area contributed by atoms with Crippen LogP contribution in [0.25, 0.3) is 0 Å². The zero-order chi connectivity index (χ0) is 27.9. The zero-order valence-electron chi connectivity index (χ0n) is 22.3. The number of nitrogens with two attached hydrogens (primary N) is 2. The molecule has 214 valence electrons. The summed E-state index contributed by atoms with van der Waals surface area (Å²) in [5, 5.41) is 23.6. The Morgan fingerprint density at radius 3 is 2.66 bits per heavy atom. The highest BCUT2D eigenvalue weighted by molar-refractivity contribution is 6.31. The van der Waals surface area contributed by atoms with Crippen LogP contribution in [-0.2, 0) is 14.2 Å². The van der Waals surface area contributed by atoms with Crippen LogP contribution in [0.2, 0.25) is 5.15 Å². The number of hydrogen-bond acceptors (Lipinski definition) is 11. The number of aromatic nitrogens is 2. The fourth-order valence-corrected chi connectivity index (χ4v) is 4.76. The number of nitrogen functional groups attached to an aromatic ring is 2. The molecule has 2 fully saturated rings. The van der Waals surface area contributed by atoms with Gasteiger partial charge < -0.3 is 41.0 Å². The van der Waals surface area contributed by atoms with Gasteiger partial charge in [-0.25, -0.2) is 9.97 Å². The molecule has 1 aromatic rings. The van der Waals surface area contributed by atoms with E-state index in [9.17, 15) is 9.90 Å². The van der Waals surface area contributed by atoms with Gasteiger partial charge in [0, 0.05) is 19.6 Å². The number of carbonyl (C=O) groups is 1. The third-order valence-corrected chi connectivity index (χ3v) is 6.88. The Morgan fingerprint density at radius 1 is 1.26 bits per heavy atom. The third-order valence-electron chi connectivity index (χ3n) is 6.60. The van der Waals surface area contributed by atoms with Crippen molar-refractivity contribution in [1.29, 1.82) is 5.41 Å². The van der Waals surface area contributed by atoms with Crippen LogP contribution >= 0.6 is 11.6 Å². The Kier molecular flexibility index (Phi) is 10.9. The van der Waals surface area contributed by atoms with Crippen molar-refractivity contribution in [3.05, 3.63) is 10.8 Å². The number of nitrogens with zero attached hydrogens (tertiary/aromatic N) is 3. The number of likely N-dealkylation sites (tertiary alicyclic amines) is 1. The molecule has 8 N–H and O–H groups in total. The Hall–Kier alpha value is -2.29. The number of amides is 1. The van der Waals surface area contributed by atoms with Crippen LogP contribution in [0.15, 0.2) is 0 Å². The summed E-state index contributed by atoms with van der Waals surface area (Å²) < 4.78 is 17.7. The van der Waals surface area contributed by atoms with Gasteiger partial charge in [-0.15, -0.1) is 0 Å². The first-order valence-corrected chi connectivity index (χ1v) is 13.5. The maximum Gasteiger partial charge on any atom is 0.280 e. The highest BCUT2D eigenvalue weighted by Crippen LogP contribution is 2.32. The summed E-state index contributed by atoms with van der Waals surface area (Å²) in [5.41, 5.74) is 11.0. The first-order valence-electron chi connectivity index (χ1n) is 13.1. The van der Waals surface area contributed by atoms with Gasteiger partial charge >= 0.3 is 0 Å². The van der Waals surface area contributed by atoms with Gasteiger partial charge in [-0.2, -0.15) is 0 Å². The van der Waals surface area contributed by atoms with Gasteiger partial charge in [-0.1, -0.05) is 18.5 Å². The van der Waals surface area contributed by atoms with E-state index in [0.29, 0.717) is 6.54 Å². The first-order chi connectivity index (χ1) is 18.0. The quantitative estimate of drug-likeness (QED) is 0.130. The average Bonchev–Trinajstić information content (AvgIpc) is 3.19. The summed E-state index contributed by atoms with van der Waals surface area (Å²) in [4.78, 5) is 22.2. The van der Waals surface area contributed by atoms with E-state index in [0.717, 1.165) is 51.7 Å². The topological polar surface area (TPSA) is 194 Å². The standard InChI is InChI=1S/C24H41ClN8O5/c1-4-16-18(38-24(2,3)37-16)15(34)13-36-14-7-11-33(12-8-14)10-6-5-9-29-23(28)32-22(35)17-20(26)31-21(27)19(25)30-17/h14-16,18,34H,4-13H2,1-3H3,(H4,26,27,31)(H3,28,29,32,35)/t15-,16+,18-/m1/s1. The van der Waals surface area contributed by atoms with Crippen molar-refractivity contribution >= 4 is 35.1 Å². The van der Waals surface area contributed by atoms with Crippen molar-refractivity contribution in [3.8, 4) is 0 Å². The van der Waals surface area contributed by atoms with Gasteiger partial charge in [0.25, 0.3) is 5.91 Å². The molecule has 2 aliphatic heterocycles. The van der Waals surface area contributed by atoms with Crippen LogP contribution in [-0.4, -0.2) is 94.8 Å². The molecule has 0 saturated carbocycles. The lowest BCUT2D eigenvalue weighted by molar-refractivity contribution is -0.161. The van der Waals surface area contributed by atoms with Crippen molar-refractivity contribution in [2.45, 2.75) is 83.1 Å². The molecule has 2 aliphatic rings. The molecule has 0 aliphatic carbocycles. The van der Waals surface area contributed by atoms with E-state index in [1.165, 1.54) is 0 Å². The van der Waals surface area contributed by atoms with Gasteiger partial charge in [-0.3, -0.25) is 15.5 Å². The number of rotatable bonds is 11. The number of unbranched alkanes of at least 4 members (excludes halogenated alkanes) is 1. The Bertz CT molecular complexity index is 960. The molecule has 3 heterocycles. The number of piperidine rings is 1. The second-order valence-electron chi connectivity index (χ2n) is 10.1. The smallest absolute Gasteiger partial charge is 0.280 e. The molecule has 2 saturated heterocycles. The van der Waals surface area contributed by atoms with E-state index in [2.05, 4.69) is 25.5 Å². The lowest BCUT2D eigenvalue weighted by Gasteiger charge is -2.33. The number of aliphatic hydroxyl groups excluding tert-OH is 1. The minimum absolute atomic E-state index is 0.0660. The molecular weight excluding hydrogens is 516 g/mol. The normalized spacial score (nSPS) is 22.8. The molecule has 1 aromatic heterocycles. The summed E-state index contributed by atoms with van der Waals surface area (Å²) in [6.07, 6.45) is 3.27. The van der Waals surface area contributed by atoms with E-state index < -0.39 is 17.8 Å². The predicted octanol–water partition coefficient (Wildman–Crippen LogP) is 1.10. The average molecular weight is 557 g/mol. The van der Waals surface area contributed by atoms with E-state index >= 15 is 0 Å². The number of carbonyl (C=O) groups excluding carboxylic acids is 1. The van der Waals surface area contributed by atoms with Crippen LogP contribution in [0.4, 0.5) is 11.6 Å². The molecule has 38 heavy (non-hydrogen) atoms. The SMILES string of the molecule is CC[C@@H]1OC(C)(C)O[C@@H]1[C@H](O)COC1CCN(CCCCNC(=N)NC(=O)c2nc(Cl)c(N)nc2N)CC1. The minimum Gasteiger partial charge on any atom is -0.388 e. The summed E-state index contributed by atoms with van der Waals surface area (Å²) in [6.45, 7) is 9.32. The number of nitrogens with one attached hydrogen (secondary N) is 3. The van der Waals surface area contributed by atoms with Crippen LogP contribution in [0, 0.1) is 5.41 Å². The molecule has 14 heteroatoms. The van der Waals surface area contributed by atoms with E-state index in [4.69, 9.17) is 42.7 Å². The van der Waals surface area contributed by atoms with Crippen molar-refractivity contribution < 1.29 is 24.1 Å². The van der Waals surface area contributed by atoms with Crippen LogP contribution in [0.5, 0.6) is 0 Å². The van der Waals surface area contributed by atoms with Gasteiger partial charge in [0.2, 0.25) is 0 Å². The number of ether oxygens (including phenoxy) is 3. The molecule has 1 amide bonds. The maximum absolute atomic E-state index is 12.2. The molecule has 3 rings (SSSR count). The highest BCUT2D eigenvalue weighted by Gasteiger charge is 2.44. The molecular formula is C24H41ClN8O5. The number of halogens is 1. The number of hydrogen-bond donors (Lipinski definition) is 6. The summed E-state index contributed by atoms with van der Waals surface area (Å²) in [5.74, 6) is -1.76. The monoisotopic (exact) mass is 556 g/mol. The molecule has 0 aromatic carbocycles. The summed E-state index contributed by atoms with van der Waals surface area (Å²) >= 11 is 5.79. The molecule has 3 atom stereocenters. The van der Waals surface area contributed by atoms with Crippen molar-refractivity contribution in [1.82, 2.24) is 25.5 Å². The maximum atomic E-state index is 12.2. The highest BCUT2D eigenvalue weighted by atomic mass is 35.5. The van der Waals surface area contributed by atoms with Crippen LogP contribution < -0.4 is 22.1 Å². The zero-order valence-corrected chi connectivity index (χ0v) is 23.1. The van der Waals surface area contributed by atoms with E-state index in [1.807, 2.05) is 20.8 Å². The van der Waals surface area contributed by atoms with Gasteiger partial charge in [0.15, 0.2) is 34.2 Å². The van der Waals surface area contributed by atoms with Crippen molar-refractivity contribution in [2.75, 3.05) is 44.3 Å². The van der Waals surface area contributed by atoms with Gasteiger partial charge in [-0.05, 0) is 52.5 Å². The summed E-state index contributed by atoms with van der Waals surface area (Å²) in [6, 6.07) is 0. The largest absolute Gasteiger partial charge is 0.388 e. The Labute approximate surface area is 228 Å². The molecule has 0 unspecified atom stereocenters. The molecule has 0 bridgehead atoms. The van der Waals surface area contributed by atoms with Crippen molar-refractivity contribution in [3.63, 3.8) is 0 Å². The van der Waals surface area contributed by atoms with Crippen molar-refractivity contribution in [2.24, 2.45) is 0 Å².